The number of rotatable bonds is 9. The largest absolute Gasteiger partial charge is 0.455 e. The number of aliphatic hydroxyl groups excluding tert-OH is 1. The maximum absolute atomic E-state index is 13.5. The lowest BCUT2D eigenvalue weighted by Gasteiger charge is -2.24. The van der Waals surface area contributed by atoms with E-state index in [2.05, 4.69) is 10.6 Å². The monoisotopic (exact) mass is 572 g/mol. The second kappa shape index (κ2) is 15.6. The molecule has 3 N–H and O–H groups in total. The minimum Gasteiger partial charge on any atom is -0.455 e. The molecule has 3 aromatic rings. The summed E-state index contributed by atoms with van der Waals surface area (Å²) in [6, 6.07) is 24.3. The van der Waals surface area contributed by atoms with E-state index in [0.717, 1.165) is 16.7 Å². The molecule has 1 heterocycles. The van der Waals surface area contributed by atoms with E-state index in [4.69, 9.17) is 4.74 Å². The van der Waals surface area contributed by atoms with Crippen molar-refractivity contribution in [2.24, 2.45) is 11.8 Å². The molecule has 0 spiro atoms. The maximum atomic E-state index is 13.5. The molecule has 0 aliphatic carbocycles. The van der Waals surface area contributed by atoms with Gasteiger partial charge in [-0.25, -0.2) is 4.39 Å². The van der Waals surface area contributed by atoms with Crippen LogP contribution in [0.1, 0.15) is 42.1 Å². The van der Waals surface area contributed by atoms with Crippen LogP contribution in [0.2, 0.25) is 0 Å². The van der Waals surface area contributed by atoms with Crippen molar-refractivity contribution in [3.8, 4) is 0 Å². The number of hydrogen-bond acceptors (Lipinski definition) is 5. The number of hydrogen-bond donors (Lipinski definition) is 3. The molecule has 8 heteroatoms. The van der Waals surface area contributed by atoms with Crippen molar-refractivity contribution in [2.75, 3.05) is 13.2 Å². The van der Waals surface area contributed by atoms with E-state index < -0.39 is 30.0 Å². The van der Waals surface area contributed by atoms with Crippen molar-refractivity contribution in [2.45, 2.75) is 44.2 Å². The number of carbonyl (C=O) groups excluding carboxylic acids is 3. The van der Waals surface area contributed by atoms with Gasteiger partial charge in [-0.2, -0.15) is 0 Å². The highest BCUT2D eigenvalue weighted by Crippen LogP contribution is 2.24. The number of amides is 2. The van der Waals surface area contributed by atoms with E-state index >= 15 is 0 Å². The Hall–Kier alpha value is -4.30. The van der Waals surface area contributed by atoms with E-state index in [1.54, 1.807) is 12.1 Å². The Kier molecular flexibility index (Phi) is 11.4. The van der Waals surface area contributed by atoms with Crippen LogP contribution in [0.3, 0.4) is 0 Å². The van der Waals surface area contributed by atoms with E-state index in [1.165, 1.54) is 12.1 Å². The average Bonchev–Trinajstić information content (AvgIpc) is 3.00. The van der Waals surface area contributed by atoms with Crippen LogP contribution in [-0.2, 0) is 32.0 Å². The molecule has 0 bridgehead atoms. The predicted molar refractivity (Wildman–Crippen MR) is 158 cm³/mol. The van der Waals surface area contributed by atoms with Gasteiger partial charge in [0, 0.05) is 6.42 Å². The van der Waals surface area contributed by atoms with Crippen LogP contribution < -0.4 is 10.6 Å². The van der Waals surface area contributed by atoms with E-state index in [0.29, 0.717) is 25.7 Å². The molecular weight excluding hydrogens is 535 g/mol. The summed E-state index contributed by atoms with van der Waals surface area (Å²) in [6.07, 6.45) is 4.37. The molecule has 1 aliphatic heterocycles. The minimum absolute atomic E-state index is 0.0486. The Morgan fingerprint density at radius 3 is 2.21 bits per heavy atom. The summed E-state index contributed by atoms with van der Waals surface area (Å²) in [5.74, 6) is -2.57. The van der Waals surface area contributed by atoms with Gasteiger partial charge in [-0.05, 0) is 54.5 Å². The van der Waals surface area contributed by atoms with Gasteiger partial charge < -0.3 is 20.5 Å². The molecule has 0 saturated heterocycles. The SMILES string of the molecule is O=C(C[C@H]1C/C=C\C[C@H](Cc2ccc(F)cc2)C(=O)O[C@@H](c2ccccc2)CNC1=O)N[C@H](CO)Cc1ccccc1. The van der Waals surface area contributed by atoms with Crippen LogP contribution in [0.15, 0.2) is 97.1 Å². The van der Waals surface area contributed by atoms with Gasteiger partial charge in [-0.1, -0.05) is 84.9 Å². The predicted octanol–water partition coefficient (Wildman–Crippen LogP) is 4.46. The molecule has 2 amide bonds. The summed E-state index contributed by atoms with van der Waals surface area (Å²) in [4.78, 5) is 39.6. The first-order chi connectivity index (χ1) is 20.4. The fourth-order valence-electron chi connectivity index (χ4n) is 5.01. The normalized spacial score (nSPS) is 21.1. The van der Waals surface area contributed by atoms with Crippen molar-refractivity contribution in [3.05, 3.63) is 120 Å². The first kappa shape index (κ1) is 30.7. The quantitative estimate of drug-likeness (QED) is 0.260. The zero-order chi connectivity index (χ0) is 29.7. The third kappa shape index (κ3) is 9.38. The Balaban J connectivity index is 1.48. The van der Waals surface area contributed by atoms with Crippen LogP contribution in [-0.4, -0.2) is 42.1 Å². The van der Waals surface area contributed by atoms with Crippen LogP contribution >= 0.6 is 0 Å². The summed E-state index contributed by atoms with van der Waals surface area (Å²) in [5.41, 5.74) is 2.53. The molecule has 0 unspecified atom stereocenters. The van der Waals surface area contributed by atoms with Gasteiger partial charge in [0.05, 0.1) is 31.0 Å². The molecule has 0 radical (unpaired) electrons. The lowest BCUT2D eigenvalue weighted by molar-refractivity contribution is -0.154. The Bertz CT molecular complexity index is 1330. The van der Waals surface area contributed by atoms with E-state index in [9.17, 15) is 23.9 Å². The zero-order valence-corrected chi connectivity index (χ0v) is 23.5. The van der Waals surface area contributed by atoms with Gasteiger partial charge >= 0.3 is 5.97 Å². The maximum Gasteiger partial charge on any atom is 0.310 e. The van der Waals surface area contributed by atoms with Gasteiger partial charge in [0.2, 0.25) is 11.8 Å². The molecule has 3 aromatic carbocycles. The molecule has 42 heavy (non-hydrogen) atoms. The first-order valence-corrected chi connectivity index (χ1v) is 14.3. The lowest BCUT2D eigenvalue weighted by atomic mass is 9.94. The summed E-state index contributed by atoms with van der Waals surface area (Å²) < 4.78 is 19.4. The summed E-state index contributed by atoms with van der Waals surface area (Å²) in [7, 11) is 0. The minimum atomic E-state index is -0.721. The number of aliphatic hydroxyl groups is 1. The topological polar surface area (TPSA) is 105 Å². The number of allylic oxidation sites excluding steroid dienone is 2. The van der Waals surface area contributed by atoms with Crippen molar-refractivity contribution in [1.29, 1.82) is 0 Å². The highest BCUT2D eigenvalue weighted by atomic mass is 19.1. The fraction of sp³-hybridized carbons (Fsp3) is 0.324. The third-order valence-electron chi connectivity index (χ3n) is 7.34. The van der Waals surface area contributed by atoms with Gasteiger partial charge in [0.1, 0.15) is 11.9 Å². The Labute approximate surface area is 245 Å². The van der Waals surface area contributed by atoms with Gasteiger partial charge in [-0.3, -0.25) is 14.4 Å². The Morgan fingerprint density at radius 2 is 1.55 bits per heavy atom. The number of cyclic esters (lactones) is 1. The second-order valence-electron chi connectivity index (χ2n) is 10.6. The summed E-state index contributed by atoms with van der Waals surface area (Å²) in [5, 5.41) is 15.6. The molecule has 0 aromatic heterocycles. The lowest BCUT2D eigenvalue weighted by Crippen LogP contribution is -2.42. The number of esters is 1. The molecule has 7 nitrogen and oxygen atoms in total. The van der Waals surface area contributed by atoms with Crippen LogP contribution in [0.5, 0.6) is 0 Å². The number of nitrogens with one attached hydrogen (secondary N) is 2. The van der Waals surface area contributed by atoms with Gasteiger partial charge in [0.15, 0.2) is 0 Å². The molecule has 4 rings (SSSR count). The van der Waals surface area contributed by atoms with Crippen molar-refractivity contribution in [1.82, 2.24) is 10.6 Å². The summed E-state index contributed by atoms with van der Waals surface area (Å²) >= 11 is 0. The molecule has 1 aliphatic rings. The number of halogens is 1. The van der Waals surface area contributed by atoms with E-state index in [-0.39, 0.29) is 37.2 Å². The zero-order valence-electron chi connectivity index (χ0n) is 23.5. The Morgan fingerprint density at radius 1 is 0.905 bits per heavy atom. The number of carbonyl (C=O) groups is 3. The van der Waals surface area contributed by atoms with Crippen molar-refractivity contribution < 1.29 is 28.6 Å². The van der Waals surface area contributed by atoms with Crippen LogP contribution in [0, 0.1) is 17.7 Å². The molecular formula is C34H37FN2O5. The highest BCUT2D eigenvalue weighted by Gasteiger charge is 2.28. The first-order valence-electron chi connectivity index (χ1n) is 14.3. The summed E-state index contributed by atoms with van der Waals surface area (Å²) in [6.45, 7) is -0.177. The number of benzene rings is 3. The van der Waals surface area contributed by atoms with Crippen molar-refractivity contribution in [3.63, 3.8) is 0 Å². The average molecular weight is 573 g/mol. The van der Waals surface area contributed by atoms with Crippen LogP contribution in [0.4, 0.5) is 4.39 Å². The molecule has 220 valence electrons. The second-order valence-corrected chi connectivity index (χ2v) is 10.6. The highest BCUT2D eigenvalue weighted by molar-refractivity contribution is 5.86. The smallest absolute Gasteiger partial charge is 0.310 e. The molecule has 0 fully saturated rings. The van der Waals surface area contributed by atoms with Gasteiger partial charge in [0.25, 0.3) is 0 Å². The van der Waals surface area contributed by atoms with Gasteiger partial charge in [-0.15, -0.1) is 0 Å². The third-order valence-corrected chi connectivity index (χ3v) is 7.34. The molecule has 0 saturated carbocycles. The number of ether oxygens (including phenoxy) is 1. The fourth-order valence-corrected chi connectivity index (χ4v) is 5.01. The van der Waals surface area contributed by atoms with Crippen LogP contribution in [0.25, 0.3) is 0 Å². The molecule has 4 atom stereocenters. The van der Waals surface area contributed by atoms with E-state index in [1.807, 2.05) is 72.8 Å². The van der Waals surface area contributed by atoms with Crippen molar-refractivity contribution >= 4 is 17.8 Å². The standard InChI is InChI=1S/C34H37FN2O5/c35-29-17-15-25(16-18-29)19-28-14-8-7-13-27(21-32(39)37-30(23-38)20-24-9-3-1-4-10-24)33(40)36-22-31(42-34(28)41)26-11-5-2-6-12-26/h1-12,15-18,27-28,30-31,38H,13-14,19-23H2,(H,36,40)(H,37,39)/b8-7-/t27-,28-,30+,31-/m1/s1.